The molecular weight excluding hydrogens is 280 g/mol. The summed E-state index contributed by atoms with van der Waals surface area (Å²) in [7, 11) is 0. The van der Waals surface area contributed by atoms with Gasteiger partial charge < -0.3 is 10.3 Å². The zero-order valence-corrected chi connectivity index (χ0v) is 14.0. The number of nitrogens with two attached hydrogens (primary N) is 1. The highest BCUT2D eigenvalue weighted by Crippen LogP contribution is 2.27. The third kappa shape index (κ3) is 4.02. The van der Waals surface area contributed by atoms with Crippen LogP contribution in [0.25, 0.3) is 10.9 Å². The summed E-state index contributed by atoms with van der Waals surface area (Å²) in [6, 6.07) is 6.19. The predicted octanol–water partition coefficient (Wildman–Crippen LogP) is 5.01. The minimum atomic E-state index is 0.689. The molecule has 0 radical (unpaired) electrons. The van der Waals surface area contributed by atoms with E-state index in [1.165, 1.54) is 42.1 Å². The lowest BCUT2D eigenvalue weighted by Crippen LogP contribution is -2.09. The lowest BCUT2D eigenvalue weighted by atomic mass is 9.99. The van der Waals surface area contributed by atoms with Crippen LogP contribution in [0.4, 0.5) is 0 Å². The van der Waals surface area contributed by atoms with Crippen molar-refractivity contribution in [3.63, 3.8) is 0 Å². The largest absolute Gasteiger partial charge is 0.347 e. The number of hydrogen-bond acceptors (Lipinski definition) is 1. The van der Waals surface area contributed by atoms with Crippen molar-refractivity contribution in [1.29, 1.82) is 0 Å². The second kappa shape index (κ2) is 7.86. The van der Waals surface area contributed by atoms with E-state index in [0.29, 0.717) is 6.54 Å². The van der Waals surface area contributed by atoms with Crippen LogP contribution in [0.1, 0.15) is 45.1 Å². The maximum absolute atomic E-state index is 6.19. The number of unbranched alkanes of at least 4 members (excludes halogenated alkanes) is 1. The second-order valence-electron chi connectivity index (χ2n) is 5.92. The van der Waals surface area contributed by atoms with Crippen LogP contribution in [0.5, 0.6) is 0 Å². The minimum Gasteiger partial charge on any atom is -0.347 e. The molecule has 0 bridgehead atoms. The maximum atomic E-state index is 6.19. The topological polar surface area (TPSA) is 30.9 Å². The Kier molecular flexibility index (Phi) is 6.13. The van der Waals surface area contributed by atoms with E-state index in [4.69, 9.17) is 17.3 Å². The average molecular weight is 307 g/mol. The second-order valence-corrected chi connectivity index (χ2v) is 6.36. The summed E-state index contributed by atoms with van der Waals surface area (Å²) in [5.74, 6) is 0.741. The molecule has 2 aromatic rings. The van der Waals surface area contributed by atoms with Gasteiger partial charge in [-0.05, 0) is 43.0 Å². The Balaban J connectivity index is 2.31. The van der Waals surface area contributed by atoms with Gasteiger partial charge in [0.2, 0.25) is 0 Å². The molecule has 1 unspecified atom stereocenters. The van der Waals surface area contributed by atoms with E-state index in [2.05, 4.69) is 36.7 Å². The zero-order chi connectivity index (χ0) is 15.2. The van der Waals surface area contributed by atoms with Crippen molar-refractivity contribution < 1.29 is 0 Å². The first-order chi connectivity index (χ1) is 10.2. The molecule has 1 atom stereocenters. The molecule has 0 saturated heterocycles. The van der Waals surface area contributed by atoms with E-state index < -0.39 is 0 Å². The van der Waals surface area contributed by atoms with Crippen molar-refractivity contribution in [1.82, 2.24) is 4.57 Å². The van der Waals surface area contributed by atoms with Crippen molar-refractivity contribution in [2.24, 2.45) is 11.7 Å². The first-order valence-corrected chi connectivity index (χ1v) is 8.54. The lowest BCUT2D eigenvalue weighted by molar-refractivity contribution is 0.396. The highest BCUT2D eigenvalue weighted by atomic mass is 35.5. The number of fused-ring (bicyclic) bond motifs is 1. The van der Waals surface area contributed by atoms with Gasteiger partial charge in [0, 0.05) is 28.7 Å². The van der Waals surface area contributed by atoms with Crippen LogP contribution in [-0.4, -0.2) is 11.1 Å². The fraction of sp³-hybridized carbons (Fsp3) is 0.556. The van der Waals surface area contributed by atoms with Gasteiger partial charge in [0.25, 0.3) is 0 Å². The van der Waals surface area contributed by atoms with E-state index in [-0.39, 0.29) is 0 Å². The number of rotatable bonds is 8. The zero-order valence-electron chi connectivity index (χ0n) is 13.2. The maximum Gasteiger partial charge on any atom is 0.0498 e. The van der Waals surface area contributed by atoms with Crippen LogP contribution in [0.15, 0.2) is 24.4 Å². The van der Waals surface area contributed by atoms with Crippen molar-refractivity contribution >= 4 is 22.5 Å². The summed E-state index contributed by atoms with van der Waals surface area (Å²) in [4.78, 5) is 0. The lowest BCUT2D eigenvalue weighted by Gasteiger charge is -2.16. The van der Waals surface area contributed by atoms with Gasteiger partial charge in [-0.15, -0.1) is 0 Å². The van der Waals surface area contributed by atoms with Crippen LogP contribution >= 0.6 is 11.6 Å². The Hall–Kier alpha value is -0.990. The van der Waals surface area contributed by atoms with Crippen molar-refractivity contribution in [2.75, 3.05) is 6.54 Å². The molecule has 0 aliphatic heterocycles. The Labute approximate surface area is 133 Å². The molecule has 2 rings (SSSR count). The smallest absolute Gasteiger partial charge is 0.0498 e. The van der Waals surface area contributed by atoms with Crippen molar-refractivity contribution in [3.8, 4) is 0 Å². The molecule has 0 aliphatic rings. The molecule has 2 N–H and O–H groups in total. The van der Waals surface area contributed by atoms with Gasteiger partial charge in [-0.25, -0.2) is 0 Å². The molecule has 1 aromatic carbocycles. The highest BCUT2D eigenvalue weighted by Gasteiger charge is 2.12. The molecule has 0 spiro atoms. The van der Waals surface area contributed by atoms with E-state index in [0.717, 1.165) is 23.9 Å². The summed E-state index contributed by atoms with van der Waals surface area (Å²) in [5, 5.41) is 2.11. The molecule has 116 valence electrons. The predicted molar refractivity (Wildman–Crippen MR) is 93.0 cm³/mol. The van der Waals surface area contributed by atoms with E-state index >= 15 is 0 Å². The molecule has 0 fully saturated rings. The first-order valence-electron chi connectivity index (χ1n) is 8.16. The highest BCUT2D eigenvalue weighted by molar-refractivity contribution is 6.31. The Morgan fingerprint density at radius 1 is 1.29 bits per heavy atom. The Morgan fingerprint density at radius 3 is 2.76 bits per heavy atom. The molecule has 1 heterocycles. The summed E-state index contributed by atoms with van der Waals surface area (Å²) < 4.78 is 2.38. The van der Waals surface area contributed by atoms with Gasteiger partial charge in [0.1, 0.15) is 0 Å². The normalized spacial score (nSPS) is 13.0. The fourth-order valence-electron chi connectivity index (χ4n) is 3.04. The molecular formula is C18H27ClN2. The van der Waals surface area contributed by atoms with Crippen molar-refractivity contribution in [3.05, 3.63) is 35.0 Å². The SMILES string of the molecule is CCCCC(CC)Cn1cc(CCN)c2ccc(Cl)cc21. The molecule has 2 nitrogen and oxygen atoms in total. The average Bonchev–Trinajstić information content (AvgIpc) is 2.81. The standard InChI is InChI=1S/C18H27ClN2/c1-3-5-6-14(4-2)12-21-13-15(9-10-20)17-8-7-16(19)11-18(17)21/h7-8,11,13-14H,3-6,9-10,12,20H2,1-2H3. The third-order valence-electron chi connectivity index (χ3n) is 4.34. The number of nitrogens with zero attached hydrogens (tertiary/aromatic N) is 1. The quantitative estimate of drug-likeness (QED) is 0.730. The number of aromatic nitrogens is 1. The van der Waals surface area contributed by atoms with Crippen LogP contribution in [0, 0.1) is 5.92 Å². The van der Waals surface area contributed by atoms with E-state index in [1.54, 1.807) is 0 Å². The van der Waals surface area contributed by atoms with E-state index in [1.807, 2.05) is 6.07 Å². The summed E-state index contributed by atoms with van der Waals surface area (Å²) in [6.45, 7) is 6.32. The van der Waals surface area contributed by atoms with Crippen LogP contribution < -0.4 is 5.73 Å². The van der Waals surface area contributed by atoms with Gasteiger partial charge in [-0.2, -0.15) is 0 Å². The molecule has 21 heavy (non-hydrogen) atoms. The van der Waals surface area contributed by atoms with Crippen LogP contribution in [0.2, 0.25) is 5.02 Å². The van der Waals surface area contributed by atoms with Gasteiger partial charge in [-0.3, -0.25) is 0 Å². The van der Waals surface area contributed by atoms with E-state index in [9.17, 15) is 0 Å². The number of hydrogen-bond donors (Lipinski definition) is 1. The number of benzene rings is 1. The minimum absolute atomic E-state index is 0.689. The molecule has 3 heteroatoms. The molecule has 0 amide bonds. The Bertz CT molecular complexity index is 574. The first kappa shape index (κ1) is 16.4. The van der Waals surface area contributed by atoms with Crippen LogP contribution in [-0.2, 0) is 13.0 Å². The summed E-state index contributed by atoms with van der Waals surface area (Å²) in [5.41, 5.74) is 8.34. The molecule has 0 aliphatic carbocycles. The third-order valence-corrected chi connectivity index (χ3v) is 4.57. The van der Waals surface area contributed by atoms with Gasteiger partial charge in [0.15, 0.2) is 0 Å². The molecule has 1 aromatic heterocycles. The molecule has 0 saturated carbocycles. The number of halogens is 1. The summed E-state index contributed by atoms with van der Waals surface area (Å²) in [6.07, 6.45) is 8.33. The summed E-state index contributed by atoms with van der Waals surface area (Å²) >= 11 is 6.19. The van der Waals surface area contributed by atoms with Gasteiger partial charge >= 0.3 is 0 Å². The fourth-order valence-corrected chi connectivity index (χ4v) is 3.21. The van der Waals surface area contributed by atoms with Gasteiger partial charge in [0.05, 0.1) is 0 Å². The Morgan fingerprint density at radius 2 is 2.10 bits per heavy atom. The van der Waals surface area contributed by atoms with Crippen LogP contribution in [0.3, 0.4) is 0 Å². The monoisotopic (exact) mass is 306 g/mol. The van der Waals surface area contributed by atoms with Gasteiger partial charge in [-0.1, -0.05) is 50.8 Å². The van der Waals surface area contributed by atoms with Crippen molar-refractivity contribution in [2.45, 2.75) is 52.5 Å².